The quantitative estimate of drug-likeness (QED) is 0.738. The predicted octanol–water partition coefficient (Wildman–Crippen LogP) is 1.34. The van der Waals surface area contributed by atoms with Crippen LogP contribution in [0, 0.1) is 11.3 Å². The van der Waals surface area contributed by atoms with Crippen LogP contribution in [0.1, 0.15) is 22.0 Å². The zero-order valence-corrected chi connectivity index (χ0v) is 13.0. The molecule has 0 N–H and O–H groups in total. The van der Waals surface area contributed by atoms with E-state index in [2.05, 4.69) is 6.07 Å². The maximum absolute atomic E-state index is 12.6. The van der Waals surface area contributed by atoms with Gasteiger partial charge in [-0.1, -0.05) is 0 Å². The van der Waals surface area contributed by atoms with Gasteiger partial charge in [-0.3, -0.25) is 4.79 Å². The minimum atomic E-state index is -0.754. The van der Waals surface area contributed by atoms with Gasteiger partial charge in [0.25, 0.3) is 5.91 Å². The molecule has 1 unspecified atom stereocenters. The second-order valence-electron chi connectivity index (χ2n) is 4.68. The van der Waals surface area contributed by atoms with Crippen molar-refractivity contribution in [3.63, 3.8) is 0 Å². The van der Waals surface area contributed by atoms with E-state index < -0.39 is 12.3 Å². The molecule has 1 heterocycles. The molecule has 1 aromatic rings. The van der Waals surface area contributed by atoms with E-state index in [1.807, 2.05) is 0 Å². The highest BCUT2D eigenvalue weighted by molar-refractivity contribution is 6.01. The molecule has 7 nitrogen and oxygen atoms in total. The molecule has 0 spiro atoms. The number of methoxy groups -OCH3 is 4. The van der Waals surface area contributed by atoms with Crippen LogP contribution in [0.25, 0.3) is 0 Å². The second-order valence-corrected chi connectivity index (χ2v) is 4.68. The van der Waals surface area contributed by atoms with Crippen LogP contribution in [0.3, 0.4) is 0 Å². The lowest BCUT2D eigenvalue weighted by Crippen LogP contribution is -2.36. The SMILES string of the molecule is COc1cc(OC)c2c(c1)C(=O)N(CC(OC)OC)C2C#N. The van der Waals surface area contributed by atoms with Gasteiger partial charge < -0.3 is 23.8 Å². The topological polar surface area (TPSA) is 81.0 Å². The van der Waals surface area contributed by atoms with E-state index >= 15 is 0 Å². The van der Waals surface area contributed by atoms with E-state index in [1.54, 1.807) is 12.1 Å². The van der Waals surface area contributed by atoms with Gasteiger partial charge in [-0.15, -0.1) is 0 Å². The fourth-order valence-electron chi connectivity index (χ4n) is 2.50. The fraction of sp³-hybridized carbons (Fsp3) is 0.467. The highest BCUT2D eigenvalue weighted by Gasteiger charge is 2.41. The monoisotopic (exact) mass is 306 g/mol. The fourth-order valence-corrected chi connectivity index (χ4v) is 2.50. The number of amides is 1. The number of benzene rings is 1. The van der Waals surface area contributed by atoms with Gasteiger partial charge in [-0.05, 0) is 6.07 Å². The molecule has 0 bridgehead atoms. The van der Waals surface area contributed by atoms with Crippen LogP contribution >= 0.6 is 0 Å². The van der Waals surface area contributed by atoms with Gasteiger partial charge in [0.2, 0.25) is 0 Å². The molecule has 7 heteroatoms. The molecule has 0 aromatic heterocycles. The zero-order chi connectivity index (χ0) is 16.3. The van der Waals surface area contributed by atoms with Gasteiger partial charge in [0, 0.05) is 25.8 Å². The van der Waals surface area contributed by atoms with Crippen molar-refractivity contribution in [1.82, 2.24) is 4.90 Å². The zero-order valence-electron chi connectivity index (χ0n) is 13.0. The molecule has 118 valence electrons. The van der Waals surface area contributed by atoms with Gasteiger partial charge >= 0.3 is 0 Å². The number of carbonyl (C=O) groups is 1. The molecule has 0 saturated heterocycles. The highest BCUT2D eigenvalue weighted by atomic mass is 16.7. The van der Waals surface area contributed by atoms with Crippen LogP contribution in [0.2, 0.25) is 0 Å². The second kappa shape index (κ2) is 6.64. The van der Waals surface area contributed by atoms with Crippen LogP contribution in [0.5, 0.6) is 11.5 Å². The molecule has 1 amide bonds. The Labute approximate surface area is 128 Å². The molecule has 0 saturated carbocycles. The third-order valence-corrected chi connectivity index (χ3v) is 3.64. The van der Waals surface area contributed by atoms with Crippen molar-refractivity contribution in [2.24, 2.45) is 0 Å². The van der Waals surface area contributed by atoms with E-state index in [1.165, 1.54) is 33.3 Å². The first-order chi connectivity index (χ1) is 10.6. The van der Waals surface area contributed by atoms with Gasteiger partial charge in [0.05, 0.1) is 32.4 Å². The maximum Gasteiger partial charge on any atom is 0.256 e. The summed E-state index contributed by atoms with van der Waals surface area (Å²) in [6.45, 7) is 0.143. The lowest BCUT2D eigenvalue weighted by atomic mass is 10.0. The molecule has 2 rings (SSSR count). The van der Waals surface area contributed by atoms with Gasteiger partial charge in [-0.2, -0.15) is 5.26 Å². The lowest BCUT2D eigenvalue weighted by molar-refractivity contribution is -0.113. The molecule has 1 atom stereocenters. The van der Waals surface area contributed by atoms with Gasteiger partial charge in [-0.25, -0.2) is 0 Å². The normalized spacial score (nSPS) is 16.6. The van der Waals surface area contributed by atoms with Crippen LogP contribution < -0.4 is 9.47 Å². The van der Waals surface area contributed by atoms with Crippen LogP contribution in [-0.4, -0.2) is 52.1 Å². The van der Waals surface area contributed by atoms with E-state index in [9.17, 15) is 10.1 Å². The summed E-state index contributed by atoms with van der Waals surface area (Å²) in [5.41, 5.74) is 0.940. The minimum absolute atomic E-state index is 0.143. The first kappa shape index (κ1) is 16.1. The van der Waals surface area contributed by atoms with Crippen LogP contribution in [0.15, 0.2) is 12.1 Å². The van der Waals surface area contributed by atoms with E-state index in [4.69, 9.17) is 18.9 Å². The van der Waals surface area contributed by atoms with E-state index in [0.29, 0.717) is 22.6 Å². The first-order valence-electron chi connectivity index (χ1n) is 6.63. The number of hydrogen-bond acceptors (Lipinski definition) is 6. The minimum Gasteiger partial charge on any atom is -0.497 e. The number of nitriles is 1. The molecular weight excluding hydrogens is 288 g/mol. The smallest absolute Gasteiger partial charge is 0.256 e. The van der Waals surface area contributed by atoms with E-state index in [0.717, 1.165) is 0 Å². The summed E-state index contributed by atoms with van der Waals surface area (Å²) in [5.74, 6) is 0.665. The summed E-state index contributed by atoms with van der Waals surface area (Å²) in [4.78, 5) is 14.0. The summed E-state index contributed by atoms with van der Waals surface area (Å²) in [6, 6.07) is 4.65. The lowest BCUT2D eigenvalue weighted by Gasteiger charge is -2.24. The van der Waals surface area contributed by atoms with Crippen molar-refractivity contribution in [1.29, 1.82) is 5.26 Å². The maximum atomic E-state index is 12.6. The molecule has 1 aliphatic heterocycles. The number of fused-ring (bicyclic) bond motifs is 1. The summed E-state index contributed by atoms with van der Waals surface area (Å²) in [7, 11) is 5.95. The van der Waals surface area contributed by atoms with E-state index in [-0.39, 0.29) is 12.5 Å². The van der Waals surface area contributed by atoms with Crippen molar-refractivity contribution in [2.75, 3.05) is 35.0 Å². The number of hydrogen-bond donors (Lipinski definition) is 0. The predicted molar refractivity (Wildman–Crippen MR) is 76.7 cm³/mol. The Morgan fingerprint density at radius 2 is 1.91 bits per heavy atom. The number of nitrogens with zero attached hydrogens (tertiary/aromatic N) is 2. The Balaban J connectivity index is 2.47. The first-order valence-corrected chi connectivity index (χ1v) is 6.63. The third-order valence-electron chi connectivity index (χ3n) is 3.64. The van der Waals surface area contributed by atoms with Crippen molar-refractivity contribution in [3.8, 4) is 17.6 Å². The average Bonchev–Trinajstić information content (AvgIpc) is 2.83. The molecule has 22 heavy (non-hydrogen) atoms. The standard InChI is InChI=1S/C15H18N2O5/c1-19-9-5-10-14(12(6-9)20-2)11(7-16)17(15(10)18)8-13(21-3)22-4/h5-6,11,13H,8H2,1-4H3. The van der Waals surface area contributed by atoms with Crippen molar-refractivity contribution in [2.45, 2.75) is 12.3 Å². The molecule has 1 aliphatic rings. The molecule has 0 radical (unpaired) electrons. The Bertz CT molecular complexity index is 607. The molecular formula is C15H18N2O5. The summed E-state index contributed by atoms with van der Waals surface area (Å²) < 4.78 is 20.7. The van der Waals surface area contributed by atoms with Gasteiger partial charge in [0.15, 0.2) is 6.29 Å². The Hall–Kier alpha value is -2.30. The average molecular weight is 306 g/mol. The number of ether oxygens (including phenoxy) is 4. The molecule has 0 aliphatic carbocycles. The molecule has 0 fully saturated rings. The molecule has 1 aromatic carbocycles. The Kier molecular flexibility index (Phi) is 4.85. The Morgan fingerprint density at radius 3 is 2.41 bits per heavy atom. The van der Waals surface area contributed by atoms with Crippen molar-refractivity contribution < 1.29 is 23.7 Å². The highest BCUT2D eigenvalue weighted by Crippen LogP contribution is 2.42. The van der Waals surface area contributed by atoms with Crippen LogP contribution in [0.4, 0.5) is 0 Å². The van der Waals surface area contributed by atoms with Crippen LogP contribution in [-0.2, 0) is 9.47 Å². The Morgan fingerprint density at radius 1 is 1.23 bits per heavy atom. The summed E-state index contributed by atoms with van der Waals surface area (Å²) in [6.07, 6.45) is -0.609. The summed E-state index contributed by atoms with van der Waals surface area (Å²) >= 11 is 0. The van der Waals surface area contributed by atoms with Crippen molar-refractivity contribution in [3.05, 3.63) is 23.3 Å². The third kappa shape index (κ3) is 2.58. The number of carbonyl (C=O) groups excluding carboxylic acids is 1. The summed E-state index contributed by atoms with van der Waals surface area (Å²) in [5, 5.41) is 9.49. The number of rotatable bonds is 6. The van der Waals surface area contributed by atoms with Gasteiger partial charge in [0.1, 0.15) is 17.5 Å². The van der Waals surface area contributed by atoms with Crippen molar-refractivity contribution >= 4 is 5.91 Å². The largest absolute Gasteiger partial charge is 0.497 e.